The first-order valence-electron chi connectivity index (χ1n) is 6.08. The van der Waals surface area contributed by atoms with Gasteiger partial charge in [0, 0.05) is 0 Å². The van der Waals surface area contributed by atoms with Crippen LogP contribution in [0.25, 0.3) is 0 Å². The highest BCUT2D eigenvalue weighted by Crippen LogP contribution is 2.27. The van der Waals surface area contributed by atoms with Gasteiger partial charge in [0.2, 0.25) is 0 Å². The first kappa shape index (κ1) is 13.4. The lowest BCUT2D eigenvalue weighted by Crippen LogP contribution is -2.10. The zero-order chi connectivity index (χ0) is 12.1. The molecule has 1 atom stereocenters. The molecule has 0 bridgehead atoms. The molecule has 3 nitrogen and oxygen atoms in total. The number of halogens is 1. The second-order valence-corrected chi connectivity index (χ2v) is 4.81. The van der Waals surface area contributed by atoms with Crippen molar-refractivity contribution in [3.63, 3.8) is 0 Å². The average molecular weight is 244 g/mol. The Balaban J connectivity index is 2.52. The quantitative estimate of drug-likeness (QED) is 0.769. The molecule has 92 valence electrons. The van der Waals surface area contributed by atoms with E-state index in [4.69, 9.17) is 17.3 Å². The summed E-state index contributed by atoms with van der Waals surface area (Å²) in [4.78, 5) is 0. The van der Waals surface area contributed by atoms with Gasteiger partial charge in [0.15, 0.2) is 0 Å². The van der Waals surface area contributed by atoms with Gasteiger partial charge in [-0.15, -0.1) is 0 Å². The summed E-state index contributed by atoms with van der Waals surface area (Å²) >= 11 is 6.02. The van der Waals surface area contributed by atoms with E-state index in [0.717, 1.165) is 12.1 Å². The molecule has 0 fully saturated rings. The first-order valence-corrected chi connectivity index (χ1v) is 6.45. The lowest BCUT2D eigenvalue weighted by atomic mass is 10.1. The minimum atomic E-state index is 0.336. The Hall–Kier alpha value is -0.700. The molecule has 0 saturated carbocycles. The van der Waals surface area contributed by atoms with E-state index in [1.807, 2.05) is 11.6 Å². The average Bonchev–Trinajstić information content (AvgIpc) is 2.52. The highest BCUT2D eigenvalue weighted by atomic mass is 35.5. The zero-order valence-electron chi connectivity index (χ0n) is 10.5. The van der Waals surface area contributed by atoms with Crippen molar-refractivity contribution in [2.75, 3.05) is 5.73 Å². The van der Waals surface area contributed by atoms with E-state index >= 15 is 0 Å². The molecule has 4 heteroatoms. The molecule has 0 aliphatic carbocycles. The number of aromatic nitrogens is 2. The van der Waals surface area contributed by atoms with Crippen LogP contribution in [0.4, 0.5) is 5.82 Å². The standard InChI is InChI=1S/C12H22ClN3/c1-4-5-6-7-8-9(2)16-12(14)11(13)10(3)15-16/h9H,4-8,14H2,1-3H3. The van der Waals surface area contributed by atoms with Crippen molar-refractivity contribution in [1.29, 1.82) is 0 Å². The van der Waals surface area contributed by atoms with E-state index in [-0.39, 0.29) is 0 Å². The minimum Gasteiger partial charge on any atom is -0.383 e. The van der Waals surface area contributed by atoms with Crippen LogP contribution in [0.15, 0.2) is 0 Å². The van der Waals surface area contributed by atoms with Crippen LogP contribution in [-0.2, 0) is 0 Å². The third kappa shape index (κ3) is 3.14. The van der Waals surface area contributed by atoms with Crippen LogP contribution in [0.5, 0.6) is 0 Å². The first-order chi connectivity index (χ1) is 7.57. The van der Waals surface area contributed by atoms with E-state index in [1.165, 1.54) is 25.7 Å². The molecular formula is C12H22ClN3. The molecule has 16 heavy (non-hydrogen) atoms. The van der Waals surface area contributed by atoms with Crippen LogP contribution >= 0.6 is 11.6 Å². The summed E-state index contributed by atoms with van der Waals surface area (Å²) in [6, 6.07) is 0.336. The summed E-state index contributed by atoms with van der Waals surface area (Å²) < 4.78 is 1.85. The summed E-state index contributed by atoms with van der Waals surface area (Å²) in [7, 11) is 0. The summed E-state index contributed by atoms with van der Waals surface area (Å²) in [6.45, 7) is 6.25. The molecule has 1 rings (SSSR count). The smallest absolute Gasteiger partial charge is 0.141 e. The summed E-state index contributed by atoms with van der Waals surface area (Å²) in [5.41, 5.74) is 6.72. The molecule has 2 N–H and O–H groups in total. The van der Waals surface area contributed by atoms with Gasteiger partial charge < -0.3 is 5.73 Å². The Labute approximate surface area is 103 Å². The van der Waals surface area contributed by atoms with E-state index in [9.17, 15) is 0 Å². The minimum absolute atomic E-state index is 0.336. The fraction of sp³-hybridized carbons (Fsp3) is 0.750. The van der Waals surface area contributed by atoms with Crippen LogP contribution in [0.3, 0.4) is 0 Å². The maximum absolute atomic E-state index is 6.02. The Bertz CT molecular complexity index is 333. The van der Waals surface area contributed by atoms with E-state index < -0.39 is 0 Å². The largest absolute Gasteiger partial charge is 0.383 e. The Kier molecular flexibility index (Phi) is 5.13. The number of unbranched alkanes of at least 4 members (excludes halogenated alkanes) is 3. The van der Waals surface area contributed by atoms with Crippen LogP contribution in [0.2, 0.25) is 5.02 Å². The monoisotopic (exact) mass is 243 g/mol. The van der Waals surface area contributed by atoms with Crippen LogP contribution in [0.1, 0.15) is 57.7 Å². The summed E-state index contributed by atoms with van der Waals surface area (Å²) in [6.07, 6.45) is 6.20. The molecule has 0 aromatic carbocycles. The summed E-state index contributed by atoms with van der Waals surface area (Å²) in [5, 5.41) is 4.97. The van der Waals surface area contributed by atoms with Gasteiger partial charge in [0.05, 0.1) is 11.7 Å². The molecule has 0 aliphatic heterocycles. The number of anilines is 1. The second-order valence-electron chi connectivity index (χ2n) is 4.43. The number of nitrogen functional groups attached to an aromatic ring is 1. The molecule has 1 heterocycles. The predicted octanol–water partition coefficient (Wildman–Crippen LogP) is 3.96. The Morgan fingerprint density at radius 1 is 1.38 bits per heavy atom. The van der Waals surface area contributed by atoms with Gasteiger partial charge in [0.1, 0.15) is 10.8 Å². The normalized spacial score (nSPS) is 13.0. The molecule has 1 unspecified atom stereocenters. The molecular weight excluding hydrogens is 222 g/mol. The third-order valence-electron chi connectivity index (χ3n) is 2.94. The number of hydrogen-bond donors (Lipinski definition) is 1. The molecule has 0 amide bonds. The number of nitrogens with two attached hydrogens (primary N) is 1. The molecule has 0 radical (unpaired) electrons. The van der Waals surface area contributed by atoms with Gasteiger partial charge >= 0.3 is 0 Å². The highest BCUT2D eigenvalue weighted by molar-refractivity contribution is 6.33. The van der Waals surface area contributed by atoms with E-state index in [2.05, 4.69) is 18.9 Å². The maximum atomic E-state index is 6.02. The second kappa shape index (κ2) is 6.14. The van der Waals surface area contributed by atoms with Crippen molar-refractivity contribution in [3.05, 3.63) is 10.7 Å². The van der Waals surface area contributed by atoms with Gasteiger partial charge in [0.25, 0.3) is 0 Å². The maximum Gasteiger partial charge on any atom is 0.141 e. The van der Waals surface area contributed by atoms with Crippen molar-refractivity contribution in [3.8, 4) is 0 Å². The van der Waals surface area contributed by atoms with Gasteiger partial charge in [-0.1, -0.05) is 44.2 Å². The molecule has 1 aromatic heterocycles. The highest BCUT2D eigenvalue weighted by Gasteiger charge is 2.14. The molecule has 0 spiro atoms. The van der Waals surface area contributed by atoms with Crippen molar-refractivity contribution >= 4 is 17.4 Å². The van der Waals surface area contributed by atoms with Gasteiger partial charge in [-0.25, -0.2) is 4.68 Å². The van der Waals surface area contributed by atoms with Crippen LogP contribution in [0, 0.1) is 6.92 Å². The Morgan fingerprint density at radius 3 is 2.56 bits per heavy atom. The SMILES string of the molecule is CCCCCCC(C)n1nc(C)c(Cl)c1N. The number of hydrogen-bond acceptors (Lipinski definition) is 2. The molecule has 0 saturated heterocycles. The lowest BCUT2D eigenvalue weighted by molar-refractivity contribution is 0.439. The van der Waals surface area contributed by atoms with E-state index in [0.29, 0.717) is 16.9 Å². The molecule has 1 aromatic rings. The van der Waals surface area contributed by atoms with Gasteiger partial charge in [-0.3, -0.25) is 0 Å². The number of aryl methyl sites for hydroxylation is 1. The molecule has 0 aliphatic rings. The number of rotatable bonds is 6. The number of nitrogens with zero attached hydrogens (tertiary/aromatic N) is 2. The topological polar surface area (TPSA) is 43.8 Å². The van der Waals surface area contributed by atoms with Gasteiger partial charge in [-0.2, -0.15) is 5.10 Å². The van der Waals surface area contributed by atoms with E-state index in [1.54, 1.807) is 0 Å². The predicted molar refractivity (Wildman–Crippen MR) is 69.9 cm³/mol. The van der Waals surface area contributed by atoms with Crippen LogP contribution in [-0.4, -0.2) is 9.78 Å². The third-order valence-corrected chi connectivity index (χ3v) is 3.41. The Morgan fingerprint density at radius 2 is 2.06 bits per heavy atom. The summed E-state index contributed by atoms with van der Waals surface area (Å²) in [5.74, 6) is 0.599. The fourth-order valence-corrected chi connectivity index (χ4v) is 1.99. The van der Waals surface area contributed by atoms with Crippen molar-refractivity contribution in [2.45, 2.75) is 58.9 Å². The van der Waals surface area contributed by atoms with Gasteiger partial charge in [-0.05, 0) is 20.3 Å². The lowest BCUT2D eigenvalue weighted by Gasteiger charge is -2.13. The zero-order valence-corrected chi connectivity index (χ0v) is 11.2. The van der Waals surface area contributed by atoms with Crippen LogP contribution < -0.4 is 5.73 Å². The van der Waals surface area contributed by atoms with Crippen molar-refractivity contribution in [1.82, 2.24) is 9.78 Å². The van der Waals surface area contributed by atoms with Crippen molar-refractivity contribution in [2.24, 2.45) is 0 Å². The fourth-order valence-electron chi connectivity index (χ4n) is 1.87. The van der Waals surface area contributed by atoms with Crippen molar-refractivity contribution < 1.29 is 0 Å².